The van der Waals surface area contributed by atoms with Crippen molar-refractivity contribution in [1.82, 2.24) is 0 Å². The van der Waals surface area contributed by atoms with E-state index in [0.717, 1.165) is 24.6 Å². The molecule has 0 atom stereocenters. The van der Waals surface area contributed by atoms with Gasteiger partial charge in [0.05, 0.1) is 0 Å². The number of unbranched alkanes of at least 4 members (excludes halogenated alkanes) is 14. The van der Waals surface area contributed by atoms with Crippen molar-refractivity contribution in [3.8, 4) is 0 Å². The molecule has 0 amide bonds. The summed E-state index contributed by atoms with van der Waals surface area (Å²) in [5.41, 5.74) is 0. The van der Waals surface area contributed by atoms with Crippen molar-refractivity contribution < 1.29 is 18.1 Å². The first-order valence-electron chi connectivity index (χ1n) is 12.4. The molecule has 0 heterocycles. The van der Waals surface area contributed by atoms with Crippen molar-refractivity contribution in [1.29, 1.82) is 0 Å². The fraction of sp³-hybridized carbons (Fsp3) is 0.958. The Morgan fingerprint density at radius 1 is 0.633 bits per heavy atom. The van der Waals surface area contributed by atoms with Crippen LogP contribution in [0.5, 0.6) is 0 Å². The zero-order valence-electron chi connectivity index (χ0n) is 20.5. The van der Waals surface area contributed by atoms with Crippen LogP contribution in [-0.2, 0) is 18.1 Å². The second-order valence-electron chi connectivity index (χ2n) is 8.32. The van der Waals surface area contributed by atoms with E-state index in [4.69, 9.17) is 13.3 Å². The molecule has 0 spiro atoms. The highest BCUT2D eigenvalue weighted by atomic mass is 32.2. The Balaban J connectivity index is 3.34. The molecular weight excluding hydrogens is 412 g/mol. The maximum absolute atomic E-state index is 12.0. The third-order valence-electron chi connectivity index (χ3n) is 5.81. The molecule has 0 fully saturated rings. The smallest absolute Gasteiger partial charge is 0.377 e. The molecule has 0 N–H and O–H groups in total. The summed E-state index contributed by atoms with van der Waals surface area (Å²) in [5.74, 6) is 0.822. The van der Waals surface area contributed by atoms with Crippen LogP contribution in [0, 0.1) is 0 Å². The number of rotatable bonds is 23. The highest BCUT2D eigenvalue weighted by Crippen LogP contribution is 2.19. The molecule has 0 radical (unpaired) electrons. The van der Waals surface area contributed by atoms with Crippen LogP contribution in [0.25, 0.3) is 0 Å². The second-order valence-corrected chi connectivity index (χ2v) is 12.6. The van der Waals surface area contributed by atoms with Crippen LogP contribution >= 0.6 is 11.8 Å². The van der Waals surface area contributed by atoms with Crippen LogP contribution in [-0.4, -0.2) is 41.0 Å². The average molecular weight is 463 g/mol. The Labute approximate surface area is 193 Å². The molecule has 0 aromatic carbocycles. The summed E-state index contributed by atoms with van der Waals surface area (Å²) in [4.78, 5) is 12.0. The fourth-order valence-corrected chi connectivity index (χ4v) is 6.53. The molecular formula is C24H50O4SSi. The van der Waals surface area contributed by atoms with Crippen LogP contribution in [0.1, 0.15) is 116 Å². The van der Waals surface area contributed by atoms with E-state index < -0.39 is 8.80 Å². The van der Waals surface area contributed by atoms with Crippen LogP contribution in [0.3, 0.4) is 0 Å². The number of hydrogen-bond donors (Lipinski definition) is 0. The Hall–Kier alpha value is 0.117. The molecule has 0 aromatic heterocycles. The lowest BCUT2D eigenvalue weighted by Crippen LogP contribution is -2.42. The topological polar surface area (TPSA) is 44.8 Å². The second kappa shape index (κ2) is 22.3. The molecule has 0 aromatic rings. The molecule has 0 unspecified atom stereocenters. The van der Waals surface area contributed by atoms with Crippen molar-refractivity contribution in [3.05, 3.63) is 0 Å². The maximum atomic E-state index is 12.0. The van der Waals surface area contributed by atoms with Crippen LogP contribution in [0.2, 0.25) is 6.04 Å². The van der Waals surface area contributed by atoms with Crippen molar-refractivity contribution in [2.75, 3.05) is 27.1 Å². The van der Waals surface area contributed by atoms with E-state index in [1.165, 1.54) is 102 Å². The molecule has 30 heavy (non-hydrogen) atoms. The molecule has 4 nitrogen and oxygen atoms in total. The third kappa shape index (κ3) is 17.8. The van der Waals surface area contributed by atoms with Gasteiger partial charge >= 0.3 is 8.80 Å². The number of hydrogen-bond acceptors (Lipinski definition) is 5. The van der Waals surface area contributed by atoms with E-state index in [-0.39, 0.29) is 0 Å². The van der Waals surface area contributed by atoms with Crippen molar-refractivity contribution >= 4 is 25.7 Å². The standard InChI is InChI=1S/C24H50O4SSi/c1-5-6-7-8-9-10-11-12-13-14-15-16-17-18-19-21-24(25)29-22-20-23-30(26-2,27-3)28-4/h5-23H2,1-4H3. The highest BCUT2D eigenvalue weighted by Gasteiger charge is 2.36. The Morgan fingerprint density at radius 2 is 1.03 bits per heavy atom. The van der Waals surface area contributed by atoms with E-state index in [1.807, 2.05) is 0 Å². The van der Waals surface area contributed by atoms with Gasteiger partial charge in [-0.1, -0.05) is 109 Å². The van der Waals surface area contributed by atoms with Gasteiger partial charge in [-0.2, -0.15) is 0 Å². The lowest BCUT2D eigenvalue weighted by atomic mass is 10.0. The largest absolute Gasteiger partial charge is 0.500 e. The summed E-state index contributed by atoms with van der Waals surface area (Å²) in [5, 5.41) is 0.323. The van der Waals surface area contributed by atoms with E-state index in [9.17, 15) is 4.79 Å². The summed E-state index contributed by atoms with van der Waals surface area (Å²) in [6, 6.07) is 0.760. The lowest BCUT2D eigenvalue weighted by molar-refractivity contribution is -0.111. The predicted molar refractivity (Wildman–Crippen MR) is 133 cm³/mol. The number of thioether (sulfide) groups is 1. The summed E-state index contributed by atoms with van der Waals surface area (Å²) < 4.78 is 16.2. The first kappa shape index (κ1) is 30.1. The van der Waals surface area contributed by atoms with Crippen molar-refractivity contribution in [3.63, 3.8) is 0 Å². The summed E-state index contributed by atoms with van der Waals surface area (Å²) in [7, 11) is 2.42. The van der Waals surface area contributed by atoms with Gasteiger partial charge in [-0.3, -0.25) is 4.79 Å². The minimum Gasteiger partial charge on any atom is -0.377 e. The van der Waals surface area contributed by atoms with Gasteiger partial charge in [-0.25, -0.2) is 0 Å². The van der Waals surface area contributed by atoms with Gasteiger partial charge in [0, 0.05) is 39.5 Å². The monoisotopic (exact) mass is 462 g/mol. The van der Waals surface area contributed by atoms with Gasteiger partial charge in [0.2, 0.25) is 0 Å². The van der Waals surface area contributed by atoms with Crippen molar-refractivity contribution in [2.45, 2.75) is 122 Å². The van der Waals surface area contributed by atoms with Crippen LogP contribution < -0.4 is 0 Å². The Morgan fingerprint density at radius 3 is 1.43 bits per heavy atom. The van der Waals surface area contributed by atoms with Gasteiger partial charge in [0.15, 0.2) is 5.12 Å². The SMILES string of the molecule is CCCCCCCCCCCCCCCCCC(=O)SCCC[Si](OC)(OC)OC. The zero-order valence-corrected chi connectivity index (χ0v) is 22.3. The Kier molecular flexibility index (Phi) is 22.4. The fourth-order valence-electron chi connectivity index (χ4n) is 3.74. The normalized spacial score (nSPS) is 11.9. The Bertz CT molecular complexity index is 370. The number of carbonyl (C=O) groups excluding carboxylic acids is 1. The number of carbonyl (C=O) groups is 1. The van der Waals surface area contributed by atoms with Crippen LogP contribution in [0.4, 0.5) is 0 Å². The molecule has 6 heteroatoms. The van der Waals surface area contributed by atoms with Gasteiger partial charge in [-0.05, 0) is 12.8 Å². The summed E-state index contributed by atoms with van der Waals surface area (Å²) in [6.45, 7) is 2.28. The maximum Gasteiger partial charge on any atom is 0.500 e. The average Bonchev–Trinajstić information content (AvgIpc) is 2.77. The first-order chi connectivity index (χ1) is 14.6. The third-order valence-corrected chi connectivity index (χ3v) is 9.66. The van der Waals surface area contributed by atoms with Crippen LogP contribution in [0.15, 0.2) is 0 Å². The molecule has 0 aliphatic carbocycles. The molecule has 0 rings (SSSR count). The zero-order chi connectivity index (χ0) is 22.3. The summed E-state index contributed by atoms with van der Waals surface area (Å²) >= 11 is 1.45. The van der Waals surface area contributed by atoms with Gasteiger partial charge in [-0.15, -0.1) is 0 Å². The molecule has 0 bridgehead atoms. The quantitative estimate of drug-likeness (QED) is 0.115. The molecule has 0 aliphatic rings. The highest BCUT2D eigenvalue weighted by molar-refractivity contribution is 8.13. The van der Waals surface area contributed by atoms with E-state index in [2.05, 4.69) is 6.92 Å². The summed E-state index contributed by atoms with van der Waals surface area (Å²) in [6.07, 6.45) is 21.9. The minimum absolute atomic E-state index is 0.323. The lowest BCUT2D eigenvalue weighted by Gasteiger charge is -2.23. The molecule has 0 saturated heterocycles. The van der Waals surface area contributed by atoms with E-state index in [1.54, 1.807) is 21.3 Å². The predicted octanol–water partition coefficient (Wildman–Crippen LogP) is 7.78. The van der Waals surface area contributed by atoms with E-state index in [0.29, 0.717) is 11.5 Å². The first-order valence-corrected chi connectivity index (χ1v) is 15.4. The minimum atomic E-state index is -2.48. The molecule has 180 valence electrons. The molecule has 0 aliphatic heterocycles. The van der Waals surface area contributed by atoms with E-state index >= 15 is 0 Å². The molecule has 0 saturated carbocycles. The van der Waals surface area contributed by atoms with Gasteiger partial charge < -0.3 is 13.3 Å². The van der Waals surface area contributed by atoms with Gasteiger partial charge in [0.25, 0.3) is 0 Å². The van der Waals surface area contributed by atoms with Crippen molar-refractivity contribution in [2.24, 2.45) is 0 Å². The van der Waals surface area contributed by atoms with Gasteiger partial charge in [0.1, 0.15) is 0 Å².